The van der Waals surface area contributed by atoms with E-state index in [0.717, 1.165) is 0 Å². The van der Waals surface area contributed by atoms with E-state index in [2.05, 4.69) is 4.98 Å². The van der Waals surface area contributed by atoms with Gasteiger partial charge in [0.2, 0.25) is 0 Å². The molecule has 92 valence electrons. The second-order valence-electron chi connectivity index (χ2n) is 4.00. The monoisotopic (exact) mass is 255 g/mol. The summed E-state index contributed by atoms with van der Waals surface area (Å²) in [6.07, 6.45) is 1.33. The summed E-state index contributed by atoms with van der Waals surface area (Å²) in [7, 11) is 0. The Morgan fingerprint density at radius 1 is 1.59 bits per heavy atom. The van der Waals surface area contributed by atoms with E-state index in [1.165, 1.54) is 16.2 Å². The Bertz CT molecular complexity index is 446. The molecule has 17 heavy (non-hydrogen) atoms. The maximum Gasteiger partial charge on any atom is 0.308 e. The van der Waals surface area contributed by atoms with Gasteiger partial charge in [-0.15, -0.1) is 11.3 Å². The van der Waals surface area contributed by atoms with Gasteiger partial charge in [-0.05, 0) is 12.8 Å². The van der Waals surface area contributed by atoms with Crippen molar-refractivity contribution in [1.29, 1.82) is 0 Å². The molecule has 1 aliphatic heterocycles. The smallest absolute Gasteiger partial charge is 0.308 e. The maximum absolute atomic E-state index is 12.0. The van der Waals surface area contributed by atoms with E-state index < -0.39 is 11.9 Å². The highest BCUT2D eigenvalue weighted by Crippen LogP contribution is 2.20. The van der Waals surface area contributed by atoms with Gasteiger partial charge in [0.1, 0.15) is 5.69 Å². The highest BCUT2D eigenvalue weighted by Gasteiger charge is 2.29. The van der Waals surface area contributed by atoms with Crippen molar-refractivity contribution in [2.45, 2.75) is 12.8 Å². The SMILES string of the molecule is Nc1nc(C(=O)N2CCC[C@@H](C(=O)O)C2)cs1. The van der Waals surface area contributed by atoms with Crippen LogP contribution in [-0.2, 0) is 4.79 Å². The van der Waals surface area contributed by atoms with Gasteiger partial charge >= 0.3 is 5.97 Å². The first kappa shape index (κ1) is 11.8. The normalized spacial score (nSPS) is 20.2. The number of carboxylic acids is 1. The number of hydrogen-bond donors (Lipinski definition) is 2. The molecule has 0 aromatic carbocycles. The number of hydrogen-bond acceptors (Lipinski definition) is 5. The summed E-state index contributed by atoms with van der Waals surface area (Å²) in [6.45, 7) is 0.839. The second-order valence-corrected chi connectivity index (χ2v) is 4.89. The number of nitrogens with zero attached hydrogens (tertiary/aromatic N) is 2. The number of amides is 1. The molecule has 1 saturated heterocycles. The highest BCUT2D eigenvalue weighted by atomic mass is 32.1. The number of likely N-dealkylation sites (tertiary alicyclic amines) is 1. The van der Waals surface area contributed by atoms with Crippen molar-refractivity contribution in [2.75, 3.05) is 18.8 Å². The van der Waals surface area contributed by atoms with E-state index in [-0.39, 0.29) is 12.5 Å². The molecule has 1 aliphatic rings. The average Bonchev–Trinajstić information content (AvgIpc) is 2.75. The van der Waals surface area contributed by atoms with E-state index in [1.54, 1.807) is 5.38 Å². The molecule has 2 rings (SSSR count). The molecule has 0 saturated carbocycles. The summed E-state index contributed by atoms with van der Waals surface area (Å²) >= 11 is 1.21. The van der Waals surface area contributed by atoms with Gasteiger partial charge in [-0.1, -0.05) is 0 Å². The molecule has 3 N–H and O–H groups in total. The van der Waals surface area contributed by atoms with Crippen molar-refractivity contribution in [2.24, 2.45) is 5.92 Å². The van der Waals surface area contributed by atoms with Crippen LogP contribution in [0.25, 0.3) is 0 Å². The number of nitrogens with two attached hydrogens (primary N) is 1. The molecule has 1 fully saturated rings. The summed E-state index contributed by atoms with van der Waals surface area (Å²) < 4.78 is 0. The van der Waals surface area contributed by atoms with Crippen molar-refractivity contribution in [1.82, 2.24) is 9.88 Å². The third-order valence-corrected chi connectivity index (χ3v) is 3.47. The third kappa shape index (κ3) is 2.55. The van der Waals surface area contributed by atoms with E-state index in [1.807, 2.05) is 0 Å². The number of aliphatic carboxylic acids is 1. The molecule has 7 heteroatoms. The Balaban J connectivity index is 2.07. The van der Waals surface area contributed by atoms with Crippen LogP contribution in [0.1, 0.15) is 23.3 Å². The van der Waals surface area contributed by atoms with Crippen LogP contribution in [0.5, 0.6) is 0 Å². The summed E-state index contributed by atoms with van der Waals surface area (Å²) in [5, 5.41) is 10.9. The topological polar surface area (TPSA) is 96.5 Å². The standard InChI is InChI=1S/C10H13N3O3S/c11-10-12-7(5-17-10)8(14)13-3-1-2-6(4-13)9(15)16/h5-6H,1-4H2,(H2,11,12)(H,15,16)/t6-/m1/s1. The first-order valence-corrected chi connectivity index (χ1v) is 6.19. The number of thiazole rings is 1. The zero-order valence-corrected chi connectivity index (χ0v) is 9.94. The molecule has 6 nitrogen and oxygen atoms in total. The van der Waals surface area contributed by atoms with Crippen LogP contribution in [0, 0.1) is 5.92 Å². The van der Waals surface area contributed by atoms with Crippen molar-refractivity contribution in [3.05, 3.63) is 11.1 Å². The average molecular weight is 255 g/mol. The zero-order chi connectivity index (χ0) is 12.4. The number of anilines is 1. The summed E-state index contributed by atoms with van der Waals surface area (Å²) in [4.78, 5) is 28.3. The van der Waals surface area contributed by atoms with Crippen LogP contribution >= 0.6 is 11.3 Å². The molecule has 1 aromatic rings. The van der Waals surface area contributed by atoms with E-state index in [4.69, 9.17) is 10.8 Å². The van der Waals surface area contributed by atoms with Crippen LogP contribution in [0.4, 0.5) is 5.13 Å². The van der Waals surface area contributed by atoms with Gasteiger partial charge in [0, 0.05) is 18.5 Å². The van der Waals surface area contributed by atoms with Crippen molar-refractivity contribution >= 4 is 28.3 Å². The Labute approximate surface area is 102 Å². The predicted octanol–water partition coefficient (Wildman–Crippen LogP) is 0.662. The van der Waals surface area contributed by atoms with Gasteiger partial charge in [0.05, 0.1) is 5.92 Å². The van der Waals surface area contributed by atoms with E-state index in [9.17, 15) is 9.59 Å². The Kier molecular flexibility index (Phi) is 3.28. The summed E-state index contributed by atoms with van der Waals surface area (Å²) in [6, 6.07) is 0. The molecular formula is C10H13N3O3S. The maximum atomic E-state index is 12.0. The largest absolute Gasteiger partial charge is 0.481 e. The lowest BCUT2D eigenvalue weighted by molar-refractivity contribution is -0.143. The van der Waals surface area contributed by atoms with Gasteiger partial charge < -0.3 is 15.7 Å². The van der Waals surface area contributed by atoms with Crippen LogP contribution < -0.4 is 5.73 Å². The first-order chi connectivity index (χ1) is 8.08. The Morgan fingerprint density at radius 3 is 2.94 bits per heavy atom. The van der Waals surface area contributed by atoms with E-state index in [0.29, 0.717) is 30.2 Å². The molecule has 0 bridgehead atoms. The second kappa shape index (κ2) is 4.70. The van der Waals surface area contributed by atoms with Crippen molar-refractivity contribution in [3.63, 3.8) is 0 Å². The Hall–Kier alpha value is -1.63. The van der Waals surface area contributed by atoms with Crippen LogP contribution in [0.3, 0.4) is 0 Å². The molecule has 1 atom stereocenters. The van der Waals surface area contributed by atoms with E-state index >= 15 is 0 Å². The number of rotatable bonds is 2. The van der Waals surface area contributed by atoms with Crippen molar-refractivity contribution < 1.29 is 14.7 Å². The summed E-state index contributed by atoms with van der Waals surface area (Å²) in [5.74, 6) is -1.55. The predicted molar refractivity (Wildman–Crippen MR) is 62.8 cm³/mol. The minimum absolute atomic E-state index is 0.232. The Morgan fingerprint density at radius 2 is 2.35 bits per heavy atom. The lowest BCUT2D eigenvalue weighted by Gasteiger charge is -2.30. The molecular weight excluding hydrogens is 242 g/mol. The lowest BCUT2D eigenvalue weighted by atomic mass is 9.98. The third-order valence-electron chi connectivity index (χ3n) is 2.80. The number of piperidine rings is 1. The molecule has 0 unspecified atom stereocenters. The van der Waals surface area contributed by atoms with Gasteiger partial charge in [0.25, 0.3) is 5.91 Å². The molecule has 1 amide bonds. The highest BCUT2D eigenvalue weighted by molar-refractivity contribution is 7.13. The molecule has 0 spiro atoms. The van der Waals surface area contributed by atoms with Gasteiger partial charge in [-0.3, -0.25) is 9.59 Å². The molecule has 1 aromatic heterocycles. The van der Waals surface area contributed by atoms with Gasteiger partial charge in [-0.2, -0.15) is 0 Å². The first-order valence-electron chi connectivity index (χ1n) is 5.31. The summed E-state index contributed by atoms with van der Waals surface area (Å²) in [5.41, 5.74) is 5.77. The van der Waals surface area contributed by atoms with Gasteiger partial charge in [-0.25, -0.2) is 4.98 Å². The number of nitrogen functional groups attached to an aromatic ring is 1. The quantitative estimate of drug-likeness (QED) is 0.809. The minimum Gasteiger partial charge on any atom is -0.481 e. The fraction of sp³-hybridized carbons (Fsp3) is 0.500. The molecule has 0 radical (unpaired) electrons. The van der Waals surface area contributed by atoms with Crippen LogP contribution in [-0.4, -0.2) is 40.0 Å². The molecule has 2 heterocycles. The lowest BCUT2D eigenvalue weighted by Crippen LogP contribution is -2.42. The van der Waals surface area contributed by atoms with Crippen LogP contribution in [0.2, 0.25) is 0 Å². The van der Waals surface area contributed by atoms with Gasteiger partial charge in [0.15, 0.2) is 5.13 Å². The van der Waals surface area contributed by atoms with Crippen LogP contribution in [0.15, 0.2) is 5.38 Å². The minimum atomic E-state index is -0.847. The fourth-order valence-corrected chi connectivity index (χ4v) is 2.45. The fourth-order valence-electron chi connectivity index (χ4n) is 1.91. The number of carbonyl (C=O) groups is 2. The number of carbonyl (C=O) groups excluding carboxylic acids is 1. The number of carboxylic acid groups (broad SMARTS) is 1. The molecule has 0 aliphatic carbocycles. The number of aromatic nitrogens is 1. The zero-order valence-electron chi connectivity index (χ0n) is 9.13. The van der Waals surface area contributed by atoms with Crippen molar-refractivity contribution in [3.8, 4) is 0 Å².